The van der Waals surface area contributed by atoms with Crippen LogP contribution in [-0.2, 0) is 9.84 Å². The molecule has 0 radical (unpaired) electrons. The smallest absolute Gasteiger partial charge is 0.150 e. The van der Waals surface area contributed by atoms with E-state index >= 15 is 0 Å². The third kappa shape index (κ3) is 1.72. The van der Waals surface area contributed by atoms with Crippen molar-refractivity contribution in [2.24, 2.45) is 0 Å². The first-order valence-electron chi connectivity index (χ1n) is 4.48. The third-order valence-electron chi connectivity index (χ3n) is 2.56. The van der Waals surface area contributed by atoms with E-state index < -0.39 is 9.84 Å². The lowest BCUT2D eigenvalue weighted by atomic mass is 9.99. The van der Waals surface area contributed by atoms with E-state index in [0.717, 1.165) is 5.56 Å². The number of nitrogen functional groups attached to an aromatic ring is 1. The normalized spacial score (nSPS) is 25.0. The number of hydrogen-bond donors (Lipinski definition) is 1. The number of anilines is 1. The molecule has 1 unspecified atom stereocenters. The second-order valence-corrected chi connectivity index (χ2v) is 5.83. The summed E-state index contributed by atoms with van der Waals surface area (Å²) >= 11 is 0. The van der Waals surface area contributed by atoms with Crippen molar-refractivity contribution in [2.75, 3.05) is 17.2 Å². The summed E-state index contributed by atoms with van der Waals surface area (Å²) < 4.78 is 22.5. The predicted octanol–water partition coefficient (Wildman–Crippen LogP) is 0.566. The molecule has 1 aromatic heterocycles. The number of pyridine rings is 1. The average molecular weight is 212 g/mol. The van der Waals surface area contributed by atoms with Gasteiger partial charge in [-0.15, -0.1) is 0 Å². The maximum atomic E-state index is 11.3. The Kier molecular flexibility index (Phi) is 2.19. The predicted molar refractivity (Wildman–Crippen MR) is 54.7 cm³/mol. The van der Waals surface area contributed by atoms with Gasteiger partial charge in [0.15, 0.2) is 9.84 Å². The maximum Gasteiger partial charge on any atom is 0.150 e. The molecule has 1 aliphatic heterocycles. The molecule has 2 rings (SSSR count). The molecule has 0 aliphatic carbocycles. The van der Waals surface area contributed by atoms with Crippen molar-refractivity contribution in [1.29, 1.82) is 0 Å². The molecule has 1 atom stereocenters. The van der Waals surface area contributed by atoms with Gasteiger partial charge < -0.3 is 5.73 Å². The van der Waals surface area contributed by atoms with Gasteiger partial charge in [-0.05, 0) is 18.1 Å². The molecule has 0 saturated carbocycles. The van der Waals surface area contributed by atoms with Crippen molar-refractivity contribution < 1.29 is 8.42 Å². The fraction of sp³-hybridized carbons (Fsp3) is 0.444. The average Bonchev–Trinajstić information content (AvgIpc) is 2.47. The third-order valence-corrected chi connectivity index (χ3v) is 4.33. The highest BCUT2D eigenvalue weighted by molar-refractivity contribution is 7.91. The molecule has 2 heterocycles. The first kappa shape index (κ1) is 9.45. The summed E-state index contributed by atoms with van der Waals surface area (Å²) in [5.74, 6) is 0.559. The van der Waals surface area contributed by atoms with Crippen LogP contribution in [-0.4, -0.2) is 24.9 Å². The van der Waals surface area contributed by atoms with Gasteiger partial charge in [-0.25, -0.2) is 8.42 Å². The molecular formula is C9H12N2O2S. The van der Waals surface area contributed by atoms with Crippen LogP contribution in [0.5, 0.6) is 0 Å². The first-order valence-corrected chi connectivity index (χ1v) is 6.30. The molecule has 1 aliphatic rings. The number of aromatic nitrogens is 1. The molecule has 14 heavy (non-hydrogen) atoms. The summed E-state index contributed by atoms with van der Waals surface area (Å²) in [5.41, 5.74) is 7.24. The Morgan fingerprint density at radius 1 is 1.50 bits per heavy atom. The van der Waals surface area contributed by atoms with Gasteiger partial charge >= 0.3 is 0 Å². The molecule has 1 aromatic rings. The monoisotopic (exact) mass is 212 g/mol. The Morgan fingerprint density at radius 3 is 2.86 bits per heavy atom. The summed E-state index contributed by atoms with van der Waals surface area (Å²) in [6, 6.07) is 1.81. The van der Waals surface area contributed by atoms with E-state index in [9.17, 15) is 8.42 Å². The number of nitrogens with two attached hydrogens (primary N) is 1. The van der Waals surface area contributed by atoms with Crippen molar-refractivity contribution in [2.45, 2.75) is 12.3 Å². The van der Waals surface area contributed by atoms with Crippen molar-refractivity contribution in [3.63, 3.8) is 0 Å². The van der Waals surface area contributed by atoms with Crippen LogP contribution in [0.3, 0.4) is 0 Å². The zero-order valence-electron chi connectivity index (χ0n) is 7.68. The van der Waals surface area contributed by atoms with Crippen LogP contribution in [0.4, 0.5) is 5.69 Å². The van der Waals surface area contributed by atoms with Gasteiger partial charge in [0.05, 0.1) is 23.4 Å². The Labute approximate surface area is 83.1 Å². The van der Waals surface area contributed by atoms with Crippen LogP contribution in [0.1, 0.15) is 17.9 Å². The Bertz CT molecular complexity index is 442. The van der Waals surface area contributed by atoms with Crippen LogP contribution >= 0.6 is 0 Å². The molecule has 0 aromatic carbocycles. The van der Waals surface area contributed by atoms with E-state index in [-0.39, 0.29) is 17.4 Å². The van der Waals surface area contributed by atoms with Gasteiger partial charge in [-0.1, -0.05) is 0 Å². The highest BCUT2D eigenvalue weighted by atomic mass is 32.2. The lowest BCUT2D eigenvalue weighted by Crippen LogP contribution is -2.06. The summed E-state index contributed by atoms with van der Waals surface area (Å²) in [6.07, 6.45) is 3.90. The summed E-state index contributed by atoms with van der Waals surface area (Å²) in [4.78, 5) is 3.88. The van der Waals surface area contributed by atoms with E-state index in [2.05, 4.69) is 4.98 Å². The lowest BCUT2D eigenvalue weighted by Gasteiger charge is -2.09. The van der Waals surface area contributed by atoms with Gasteiger partial charge in [-0.2, -0.15) is 0 Å². The quantitative estimate of drug-likeness (QED) is 0.738. The van der Waals surface area contributed by atoms with Gasteiger partial charge in [0.2, 0.25) is 0 Å². The van der Waals surface area contributed by atoms with E-state index in [0.29, 0.717) is 12.1 Å². The van der Waals surface area contributed by atoms with Gasteiger partial charge in [0.1, 0.15) is 0 Å². The molecule has 5 heteroatoms. The minimum Gasteiger partial charge on any atom is -0.397 e. The van der Waals surface area contributed by atoms with E-state index in [1.54, 1.807) is 18.5 Å². The van der Waals surface area contributed by atoms with Crippen LogP contribution in [0.2, 0.25) is 0 Å². The van der Waals surface area contributed by atoms with E-state index in [1.807, 2.05) is 0 Å². The zero-order valence-corrected chi connectivity index (χ0v) is 8.50. The second kappa shape index (κ2) is 3.24. The van der Waals surface area contributed by atoms with Crippen LogP contribution in [0.25, 0.3) is 0 Å². The lowest BCUT2D eigenvalue weighted by molar-refractivity contribution is 0.601. The Balaban J connectivity index is 2.30. The summed E-state index contributed by atoms with van der Waals surface area (Å²) in [7, 11) is -2.84. The maximum absolute atomic E-state index is 11.3. The first-order chi connectivity index (χ1) is 6.58. The number of nitrogens with zero attached hydrogens (tertiary/aromatic N) is 1. The van der Waals surface area contributed by atoms with Crippen molar-refractivity contribution in [3.05, 3.63) is 24.0 Å². The van der Waals surface area contributed by atoms with Gasteiger partial charge in [-0.3, -0.25) is 4.98 Å². The molecule has 0 bridgehead atoms. The fourth-order valence-corrected chi connectivity index (χ4v) is 3.60. The summed E-state index contributed by atoms with van der Waals surface area (Å²) in [5, 5.41) is 0. The molecule has 2 N–H and O–H groups in total. The molecule has 1 fully saturated rings. The molecular weight excluding hydrogens is 200 g/mol. The second-order valence-electron chi connectivity index (χ2n) is 3.60. The minimum absolute atomic E-state index is 0.0583. The fourth-order valence-electron chi connectivity index (χ4n) is 1.83. The van der Waals surface area contributed by atoms with Gasteiger partial charge in [0.25, 0.3) is 0 Å². The van der Waals surface area contributed by atoms with Crippen LogP contribution < -0.4 is 5.73 Å². The van der Waals surface area contributed by atoms with Gasteiger partial charge in [0, 0.05) is 12.1 Å². The highest BCUT2D eigenvalue weighted by Gasteiger charge is 2.29. The molecule has 0 amide bonds. The largest absolute Gasteiger partial charge is 0.397 e. The number of rotatable bonds is 1. The minimum atomic E-state index is -2.84. The van der Waals surface area contributed by atoms with E-state index in [4.69, 9.17) is 5.73 Å². The summed E-state index contributed by atoms with van der Waals surface area (Å²) in [6.45, 7) is 0. The van der Waals surface area contributed by atoms with Crippen molar-refractivity contribution in [3.8, 4) is 0 Å². The van der Waals surface area contributed by atoms with Crippen molar-refractivity contribution in [1.82, 2.24) is 4.98 Å². The standard InChI is InChI=1S/C9H12N2O2S/c10-9-5-11-3-1-8(9)7-2-4-14(12,13)6-7/h1,3,5,7H,2,4,6,10H2. The Hall–Kier alpha value is -1.10. The topological polar surface area (TPSA) is 73.0 Å². The molecule has 0 spiro atoms. The number of hydrogen-bond acceptors (Lipinski definition) is 4. The molecule has 4 nitrogen and oxygen atoms in total. The number of sulfone groups is 1. The van der Waals surface area contributed by atoms with Crippen LogP contribution in [0.15, 0.2) is 18.5 Å². The zero-order chi connectivity index (χ0) is 10.2. The highest BCUT2D eigenvalue weighted by Crippen LogP contribution is 2.31. The Morgan fingerprint density at radius 2 is 2.29 bits per heavy atom. The SMILES string of the molecule is Nc1cnccc1C1CCS(=O)(=O)C1. The molecule has 76 valence electrons. The van der Waals surface area contributed by atoms with Crippen LogP contribution in [0, 0.1) is 0 Å². The van der Waals surface area contributed by atoms with E-state index in [1.165, 1.54) is 0 Å². The molecule has 1 saturated heterocycles. The van der Waals surface area contributed by atoms with Crippen molar-refractivity contribution >= 4 is 15.5 Å².